The van der Waals surface area contributed by atoms with E-state index >= 15 is 0 Å². The van der Waals surface area contributed by atoms with E-state index in [4.69, 9.17) is 10.5 Å². The van der Waals surface area contributed by atoms with Crippen LogP contribution in [0.25, 0.3) is 0 Å². The van der Waals surface area contributed by atoms with Gasteiger partial charge in [-0.2, -0.15) is 0 Å². The van der Waals surface area contributed by atoms with Crippen molar-refractivity contribution >= 4 is 0 Å². The lowest BCUT2D eigenvalue weighted by Gasteiger charge is -2.26. The smallest absolute Gasteiger partial charge is 0.119 e. The summed E-state index contributed by atoms with van der Waals surface area (Å²) in [5, 5.41) is 0. The van der Waals surface area contributed by atoms with Crippen LogP contribution in [0.15, 0.2) is 54.6 Å². The van der Waals surface area contributed by atoms with Crippen LogP contribution in [0.1, 0.15) is 24.1 Å². The monoisotopic (exact) mass is 284 g/mol. The van der Waals surface area contributed by atoms with Gasteiger partial charge in [-0.25, -0.2) is 0 Å². The molecule has 2 aromatic rings. The lowest BCUT2D eigenvalue weighted by molar-refractivity contribution is 0.263. The molecule has 0 aromatic heterocycles. The summed E-state index contributed by atoms with van der Waals surface area (Å²) >= 11 is 0. The molecule has 0 radical (unpaired) electrons. The average Bonchev–Trinajstić information content (AvgIpc) is 2.55. The minimum absolute atomic E-state index is 0.262. The van der Waals surface area contributed by atoms with E-state index in [9.17, 15) is 0 Å². The Labute approximate surface area is 127 Å². The predicted molar refractivity (Wildman–Crippen MR) is 87.3 cm³/mol. The van der Waals surface area contributed by atoms with Crippen LogP contribution in [0.3, 0.4) is 0 Å². The number of ether oxygens (including phenoxy) is 1. The summed E-state index contributed by atoms with van der Waals surface area (Å²) in [4.78, 5) is 2.25. The van der Waals surface area contributed by atoms with Gasteiger partial charge in [-0.15, -0.1) is 0 Å². The molecule has 2 N–H and O–H groups in total. The number of hydrogen-bond donors (Lipinski definition) is 1. The Kier molecular flexibility index (Phi) is 5.78. The molecular formula is C18H24N2O. The normalized spacial score (nSPS) is 12.4. The van der Waals surface area contributed by atoms with Gasteiger partial charge in [0, 0.05) is 12.6 Å². The van der Waals surface area contributed by atoms with Gasteiger partial charge >= 0.3 is 0 Å². The summed E-state index contributed by atoms with van der Waals surface area (Å²) in [6, 6.07) is 18.7. The van der Waals surface area contributed by atoms with Gasteiger partial charge < -0.3 is 10.5 Å². The van der Waals surface area contributed by atoms with E-state index in [1.807, 2.05) is 30.3 Å². The van der Waals surface area contributed by atoms with Crippen molar-refractivity contribution in [1.82, 2.24) is 4.90 Å². The molecule has 2 aromatic carbocycles. The van der Waals surface area contributed by atoms with E-state index in [1.165, 1.54) is 11.1 Å². The Morgan fingerprint density at radius 3 is 2.29 bits per heavy atom. The molecule has 1 atom stereocenters. The minimum Gasteiger partial charge on any atom is -0.489 e. The molecule has 0 aliphatic carbocycles. The van der Waals surface area contributed by atoms with Gasteiger partial charge in [0.25, 0.3) is 0 Å². The molecule has 0 aliphatic heterocycles. The van der Waals surface area contributed by atoms with Gasteiger partial charge in [0.05, 0.1) is 0 Å². The molecule has 3 heteroatoms. The zero-order valence-electron chi connectivity index (χ0n) is 12.8. The van der Waals surface area contributed by atoms with Crippen molar-refractivity contribution in [1.29, 1.82) is 0 Å². The van der Waals surface area contributed by atoms with Crippen LogP contribution in [-0.4, -0.2) is 25.0 Å². The second-order valence-electron chi connectivity index (χ2n) is 5.17. The van der Waals surface area contributed by atoms with Crippen molar-refractivity contribution in [2.24, 2.45) is 5.73 Å². The van der Waals surface area contributed by atoms with Crippen molar-refractivity contribution in [2.45, 2.75) is 19.6 Å². The van der Waals surface area contributed by atoms with Gasteiger partial charge in [-0.3, -0.25) is 4.90 Å². The zero-order chi connectivity index (χ0) is 15.1. The predicted octanol–water partition coefficient (Wildman–Crippen LogP) is 3.22. The average molecular weight is 284 g/mol. The van der Waals surface area contributed by atoms with E-state index in [-0.39, 0.29) is 6.04 Å². The molecule has 0 heterocycles. The highest BCUT2D eigenvalue weighted by molar-refractivity contribution is 5.30. The SMILES string of the molecule is CCN(C)C(CN)c1ccc(OCc2ccccc2)cc1. The summed E-state index contributed by atoms with van der Waals surface area (Å²) < 4.78 is 5.80. The fourth-order valence-corrected chi connectivity index (χ4v) is 2.32. The molecule has 112 valence electrons. The molecule has 0 aliphatic rings. The number of rotatable bonds is 7. The fourth-order valence-electron chi connectivity index (χ4n) is 2.32. The molecule has 0 amide bonds. The first-order chi connectivity index (χ1) is 10.2. The van der Waals surface area contributed by atoms with Crippen molar-refractivity contribution in [3.63, 3.8) is 0 Å². The van der Waals surface area contributed by atoms with Crippen LogP contribution >= 0.6 is 0 Å². The Morgan fingerprint density at radius 2 is 1.71 bits per heavy atom. The molecule has 3 nitrogen and oxygen atoms in total. The van der Waals surface area contributed by atoms with E-state index < -0.39 is 0 Å². The number of likely N-dealkylation sites (N-methyl/N-ethyl adjacent to an activating group) is 1. The first-order valence-electron chi connectivity index (χ1n) is 7.41. The lowest BCUT2D eigenvalue weighted by Crippen LogP contribution is -2.30. The number of nitrogens with two attached hydrogens (primary N) is 1. The standard InChI is InChI=1S/C18H24N2O/c1-3-20(2)18(13-19)16-9-11-17(12-10-16)21-14-15-7-5-4-6-8-15/h4-12,18H,3,13-14,19H2,1-2H3. The third-order valence-corrected chi connectivity index (χ3v) is 3.77. The maximum absolute atomic E-state index is 5.88. The Morgan fingerprint density at radius 1 is 1.05 bits per heavy atom. The summed E-state index contributed by atoms with van der Waals surface area (Å²) in [6.07, 6.45) is 0. The van der Waals surface area contributed by atoms with E-state index in [1.54, 1.807) is 0 Å². The first kappa shape index (κ1) is 15.5. The van der Waals surface area contributed by atoms with Crippen LogP contribution in [-0.2, 0) is 6.61 Å². The third kappa shape index (κ3) is 4.31. The largest absolute Gasteiger partial charge is 0.489 e. The molecule has 0 spiro atoms. The first-order valence-corrected chi connectivity index (χ1v) is 7.41. The fraction of sp³-hybridized carbons (Fsp3) is 0.333. The minimum atomic E-state index is 0.262. The van der Waals surface area contributed by atoms with E-state index in [0.717, 1.165) is 12.3 Å². The Hall–Kier alpha value is -1.84. The highest BCUT2D eigenvalue weighted by atomic mass is 16.5. The summed E-state index contributed by atoms with van der Waals surface area (Å²) in [6.45, 7) is 4.33. The Bertz CT molecular complexity index is 525. The van der Waals surface area contributed by atoms with Gasteiger partial charge in [0.2, 0.25) is 0 Å². The summed E-state index contributed by atoms with van der Waals surface area (Å²) in [5.41, 5.74) is 8.28. The van der Waals surface area contributed by atoms with Gasteiger partial charge in [0.15, 0.2) is 0 Å². The molecule has 21 heavy (non-hydrogen) atoms. The van der Waals surface area contributed by atoms with Crippen molar-refractivity contribution in [3.8, 4) is 5.75 Å². The highest BCUT2D eigenvalue weighted by Gasteiger charge is 2.13. The highest BCUT2D eigenvalue weighted by Crippen LogP contribution is 2.21. The number of hydrogen-bond acceptors (Lipinski definition) is 3. The molecular weight excluding hydrogens is 260 g/mol. The third-order valence-electron chi connectivity index (χ3n) is 3.77. The molecule has 1 unspecified atom stereocenters. The lowest BCUT2D eigenvalue weighted by atomic mass is 10.1. The van der Waals surface area contributed by atoms with Gasteiger partial charge in [0.1, 0.15) is 12.4 Å². The molecule has 0 saturated carbocycles. The maximum Gasteiger partial charge on any atom is 0.119 e. The van der Waals surface area contributed by atoms with Gasteiger partial charge in [-0.1, -0.05) is 49.4 Å². The van der Waals surface area contributed by atoms with Crippen LogP contribution in [0.4, 0.5) is 0 Å². The molecule has 0 bridgehead atoms. The van der Waals surface area contributed by atoms with Crippen LogP contribution in [0.5, 0.6) is 5.75 Å². The number of nitrogens with zero attached hydrogens (tertiary/aromatic N) is 1. The quantitative estimate of drug-likeness (QED) is 0.848. The van der Waals surface area contributed by atoms with E-state index in [2.05, 4.69) is 43.1 Å². The van der Waals surface area contributed by atoms with Crippen molar-refractivity contribution in [2.75, 3.05) is 20.1 Å². The van der Waals surface area contributed by atoms with Crippen LogP contribution in [0, 0.1) is 0 Å². The summed E-state index contributed by atoms with van der Waals surface area (Å²) in [5.74, 6) is 0.887. The topological polar surface area (TPSA) is 38.5 Å². The van der Waals surface area contributed by atoms with Crippen molar-refractivity contribution < 1.29 is 4.74 Å². The number of benzene rings is 2. The Balaban J connectivity index is 1.98. The molecule has 0 fully saturated rings. The van der Waals surface area contributed by atoms with Crippen molar-refractivity contribution in [3.05, 3.63) is 65.7 Å². The maximum atomic E-state index is 5.88. The zero-order valence-corrected chi connectivity index (χ0v) is 12.8. The molecule has 2 rings (SSSR count). The summed E-state index contributed by atoms with van der Waals surface area (Å²) in [7, 11) is 2.09. The molecule has 0 saturated heterocycles. The van der Waals surface area contributed by atoms with Crippen LogP contribution in [0.2, 0.25) is 0 Å². The second kappa shape index (κ2) is 7.81. The van der Waals surface area contributed by atoms with E-state index in [0.29, 0.717) is 13.2 Å². The van der Waals surface area contributed by atoms with Crippen LogP contribution < -0.4 is 10.5 Å². The second-order valence-corrected chi connectivity index (χ2v) is 5.17. The van der Waals surface area contributed by atoms with Gasteiger partial charge in [-0.05, 0) is 36.9 Å².